The van der Waals surface area contributed by atoms with Crippen molar-refractivity contribution in [2.45, 2.75) is 25.9 Å². The average Bonchev–Trinajstić information content (AvgIpc) is 2.73. The second-order valence-electron chi connectivity index (χ2n) is 8.07. The third kappa shape index (κ3) is 6.34. The van der Waals surface area contributed by atoms with Crippen LogP contribution in [0.3, 0.4) is 0 Å². The summed E-state index contributed by atoms with van der Waals surface area (Å²) in [5.41, 5.74) is 9.35. The number of hydrogen-bond donors (Lipinski definition) is 3. The number of hydrogen-bond acceptors (Lipinski definition) is 4. The van der Waals surface area contributed by atoms with Gasteiger partial charge in [-0.1, -0.05) is 50.3 Å². The lowest BCUT2D eigenvalue weighted by Gasteiger charge is -2.36. The lowest BCUT2D eigenvalue weighted by molar-refractivity contribution is 0.142. The monoisotopic (exact) mass is 408 g/mol. The van der Waals surface area contributed by atoms with Crippen LogP contribution in [0.1, 0.15) is 30.9 Å². The Hall–Kier alpha value is -2.83. The molecule has 160 valence electrons. The van der Waals surface area contributed by atoms with Crippen molar-refractivity contribution in [1.29, 1.82) is 0 Å². The zero-order valence-corrected chi connectivity index (χ0v) is 17.8. The molecule has 30 heavy (non-hydrogen) atoms. The minimum absolute atomic E-state index is 0.523. The summed E-state index contributed by atoms with van der Waals surface area (Å²) in [7, 11) is 0. The first-order valence-electron chi connectivity index (χ1n) is 10.5. The zero-order chi connectivity index (χ0) is 21.5. The molecule has 3 rings (SSSR count). The molecule has 0 saturated carbocycles. The van der Waals surface area contributed by atoms with Gasteiger partial charge in [-0.2, -0.15) is 0 Å². The van der Waals surface area contributed by atoms with Crippen LogP contribution < -0.4 is 16.0 Å². The van der Waals surface area contributed by atoms with Crippen molar-refractivity contribution in [3.63, 3.8) is 0 Å². The van der Waals surface area contributed by atoms with Crippen molar-refractivity contribution in [2.24, 2.45) is 5.73 Å². The number of urea groups is 1. The molecular formula is C24H32N4O2. The Balaban J connectivity index is 1.45. The average molecular weight is 409 g/mol. The standard InChI is InChI=1S/C24H32N4O2/c1-18(2)20-6-10-22(11-7-20)28-15-13-27(14-16-28)17-23(29)12-5-19-3-8-21(9-4-19)26-24(25)30/h3-12,18,23,29H,13-17H2,1-2H3,(H3,25,26,30)/b12-5+. The lowest BCUT2D eigenvalue weighted by atomic mass is 10.0. The maximum Gasteiger partial charge on any atom is 0.316 e. The third-order valence-corrected chi connectivity index (χ3v) is 5.43. The van der Waals surface area contributed by atoms with Gasteiger partial charge in [0.25, 0.3) is 0 Å². The Labute approximate surface area is 179 Å². The number of rotatable bonds is 7. The fraction of sp³-hybridized carbons (Fsp3) is 0.375. The van der Waals surface area contributed by atoms with E-state index in [1.807, 2.05) is 24.3 Å². The van der Waals surface area contributed by atoms with Crippen LogP contribution in [0.2, 0.25) is 0 Å². The van der Waals surface area contributed by atoms with E-state index in [4.69, 9.17) is 5.73 Å². The van der Waals surface area contributed by atoms with Gasteiger partial charge in [0.15, 0.2) is 0 Å². The van der Waals surface area contributed by atoms with Crippen LogP contribution in [0.25, 0.3) is 6.08 Å². The van der Waals surface area contributed by atoms with E-state index in [0.29, 0.717) is 18.2 Å². The molecule has 6 heteroatoms. The van der Waals surface area contributed by atoms with Crippen LogP contribution in [0, 0.1) is 0 Å². The van der Waals surface area contributed by atoms with Gasteiger partial charge in [-0.3, -0.25) is 4.90 Å². The van der Waals surface area contributed by atoms with Gasteiger partial charge < -0.3 is 21.1 Å². The van der Waals surface area contributed by atoms with Crippen molar-refractivity contribution in [2.75, 3.05) is 42.9 Å². The number of nitrogens with one attached hydrogen (secondary N) is 1. The van der Waals surface area contributed by atoms with Crippen LogP contribution in [-0.4, -0.2) is 54.9 Å². The second kappa shape index (κ2) is 10.3. The highest BCUT2D eigenvalue weighted by molar-refractivity contribution is 5.87. The van der Waals surface area contributed by atoms with Crippen molar-refractivity contribution in [1.82, 2.24) is 4.90 Å². The molecule has 1 atom stereocenters. The summed E-state index contributed by atoms with van der Waals surface area (Å²) in [6.07, 6.45) is 3.18. The molecule has 0 radical (unpaired) electrons. The number of nitrogens with two attached hydrogens (primary N) is 1. The van der Waals surface area contributed by atoms with Crippen LogP contribution in [-0.2, 0) is 0 Å². The molecular weight excluding hydrogens is 376 g/mol. The molecule has 2 aromatic carbocycles. The molecule has 0 aromatic heterocycles. The first kappa shape index (κ1) is 21.9. The number of amides is 2. The Morgan fingerprint density at radius 1 is 1.07 bits per heavy atom. The number of primary amides is 1. The maximum atomic E-state index is 10.9. The predicted octanol–water partition coefficient (Wildman–Crippen LogP) is 3.50. The number of piperazine rings is 1. The van der Waals surface area contributed by atoms with E-state index >= 15 is 0 Å². The second-order valence-corrected chi connectivity index (χ2v) is 8.07. The molecule has 0 bridgehead atoms. The van der Waals surface area contributed by atoms with E-state index in [9.17, 15) is 9.90 Å². The Kier molecular flexibility index (Phi) is 7.49. The van der Waals surface area contributed by atoms with E-state index in [1.165, 1.54) is 11.3 Å². The fourth-order valence-corrected chi connectivity index (χ4v) is 3.63. The summed E-state index contributed by atoms with van der Waals surface area (Å²) in [6, 6.07) is 15.6. The van der Waals surface area contributed by atoms with E-state index in [1.54, 1.807) is 12.1 Å². The SMILES string of the molecule is CC(C)c1ccc(N2CCN(CC(O)/C=C/c3ccc(NC(N)=O)cc3)CC2)cc1. The van der Waals surface area contributed by atoms with Gasteiger partial charge in [-0.15, -0.1) is 0 Å². The number of anilines is 2. The van der Waals surface area contributed by atoms with Crippen molar-refractivity contribution >= 4 is 23.5 Å². The zero-order valence-electron chi connectivity index (χ0n) is 17.8. The quantitative estimate of drug-likeness (QED) is 0.655. The number of carbonyl (C=O) groups is 1. The molecule has 1 saturated heterocycles. The van der Waals surface area contributed by atoms with Gasteiger partial charge in [0.2, 0.25) is 0 Å². The number of β-amino-alcohol motifs (C(OH)–C–C–N with tert-alkyl or cyclic N) is 1. The molecule has 1 heterocycles. The van der Waals surface area contributed by atoms with Crippen LogP contribution in [0.4, 0.5) is 16.2 Å². The Morgan fingerprint density at radius 3 is 2.27 bits per heavy atom. The first-order chi connectivity index (χ1) is 14.4. The molecule has 6 nitrogen and oxygen atoms in total. The molecule has 1 aliphatic heterocycles. The minimum Gasteiger partial charge on any atom is -0.388 e. The first-order valence-corrected chi connectivity index (χ1v) is 10.5. The van der Waals surface area contributed by atoms with Gasteiger partial charge in [0.05, 0.1) is 6.10 Å². The summed E-state index contributed by atoms with van der Waals surface area (Å²) in [6.45, 7) is 8.85. The van der Waals surface area contributed by atoms with E-state index in [-0.39, 0.29) is 0 Å². The van der Waals surface area contributed by atoms with E-state index in [2.05, 4.69) is 53.2 Å². The summed E-state index contributed by atoms with van der Waals surface area (Å²) in [4.78, 5) is 15.6. The normalized spacial score (nSPS) is 16.2. The smallest absolute Gasteiger partial charge is 0.316 e. The third-order valence-electron chi connectivity index (χ3n) is 5.43. The number of aliphatic hydroxyl groups excluding tert-OH is 1. The van der Waals surface area contributed by atoms with Gasteiger partial charge in [0, 0.05) is 44.1 Å². The molecule has 1 aliphatic rings. The topological polar surface area (TPSA) is 81.8 Å². The fourth-order valence-electron chi connectivity index (χ4n) is 3.63. The highest BCUT2D eigenvalue weighted by Gasteiger charge is 2.18. The van der Waals surface area contributed by atoms with Gasteiger partial charge in [0.1, 0.15) is 0 Å². The number of nitrogens with zero attached hydrogens (tertiary/aromatic N) is 2. The summed E-state index contributed by atoms with van der Waals surface area (Å²) in [5.74, 6) is 0.551. The molecule has 0 aliphatic carbocycles. The van der Waals surface area contributed by atoms with E-state index < -0.39 is 12.1 Å². The lowest BCUT2D eigenvalue weighted by Crippen LogP contribution is -2.48. The van der Waals surface area contributed by atoms with Crippen LogP contribution >= 0.6 is 0 Å². The minimum atomic E-state index is -0.582. The van der Waals surface area contributed by atoms with Crippen molar-refractivity contribution in [3.8, 4) is 0 Å². The van der Waals surface area contributed by atoms with Gasteiger partial charge >= 0.3 is 6.03 Å². The number of benzene rings is 2. The number of aliphatic hydroxyl groups is 1. The van der Waals surface area contributed by atoms with Gasteiger partial charge in [-0.25, -0.2) is 4.79 Å². The maximum absolute atomic E-state index is 10.9. The molecule has 1 unspecified atom stereocenters. The van der Waals surface area contributed by atoms with E-state index in [0.717, 1.165) is 31.7 Å². The highest BCUT2D eigenvalue weighted by atomic mass is 16.3. The summed E-state index contributed by atoms with van der Waals surface area (Å²) < 4.78 is 0. The summed E-state index contributed by atoms with van der Waals surface area (Å²) >= 11 is 0. The Bertz CT molecular complexity index is 839. The van der Waals surface area contributed by atoms with Crippen molar-refractivity contribution in [3.05, 3.63) is 65.7 Å². The van der Waals surface area contributed by atoms with Crippen LogP contribution in [0.15, 0.2) is 54.6 Å². The molecule has 1 fully saturated rings. The molecule has 2 aromatic rings. The highest BCUT2D eigenvalue weighted by Crippen LogP contribution is 2.21. The molecule has 0 spiro atoms. The predicted molar refractivity (Wildman–Crippen MR) is 124 cm³/mol. The van der Waals surface area contributed by atoms with Crippen molar-refractivity contribution < 1.29 is 9.90 Å². The number of carbonyl (C=O) groups excluding carboxylic acids is 1. The van der Waals surface area contributed by atoms with Crippen LogP contribution in [0.5, 0.6) is 0 Å². The molecule has 4 N–H and O–H groups in total. The largest absolute Gasteiger partial charge is 0.388 e. The summed E-state index contributed by atoms with van der Waals surface area (Å²) in [5, 5.41) is 12.9. The van der Waals surface area contributed by atoms with Gasteiger partial charge in [-0.05, 0) is 41.3 Å². The molecule has 2 amide bonds. The Morgan fingerprint density at radius 2 is 1.70 bits per heavy atom.